The van der Waals surface area contributed by atoms with Crippen LogP contribution in [0.15, 0.2) is 12.1 Å². The second kappa shape index (κ2) is 5.47. The number of piperazine rings is 1. The average Bonchev–Trinajstić information content (AvgIpc) is 2.36. The number of nitrogens with zero attached hydrogens (tertiary/aromatic N) is 1. The van der Waals surface area contributed by atoms with Gasteiger partial charge in [0.2, 0.25) is 0 Å². The van der Waals surface area contributed by atoms with Gasteiger partial charge in [0.05, 0.1) is 0 Å². The minimum atomic E-state index is -0.505. The van der Waals surface area contributed by atoms with Gasteiger partial charge in [-0.1, -0.05) is 13.0 Å². The maximum absolute atomic E-state index is 13.5. The van der Waals surface area contributed by atoms with Gasteiger partial charge in [0.25, 0.3) is 0 Å². The zero-order chi connectivity index (χ0) is 12.3. The number of nitrogens with one attached hydrogen (secondary N) is 1. The molecule has 1 fully saturated rings. The average molecular weight is 238 g/mol. The standard InChI is InChI=1S/C13H19FN2O/c1-2-10-7-11(13(17)12(14)8-10)9-16-5-3-15-4-6-16/h7-8,15,17H,2-6,9H2,1H3. The number of aromatic hydroxyl groups is 1. The summed E-state index contributed by atoms with van der Waals surface area (Å²) < 4.78 is 13.5. The molecule has 3 nitrogen and oxygen atoms in total. The van der Waals surface area contributed by atoms with Gasteiger partial charge in [0, 0.05) is 38.3 Å². The molecule has 0 unspecified atom stereocenters. The summed E-state index contributed by atoms with van der Waals surface area (Å²) >= 11 is 0. The van der Waals surface area contributed by atoms with Gasteiger partial charge in [-0.15, -0.1) is 0 Å². The van der Waals surface area contributed by atoms with Crippen LogP contribution in [0, 0.1) is 5.82 Å². The lowest BCUT2D eigenvalue weighted by molar-refractivity contribution is 0.229. The first-order chi connectivity index (χ1) is 8.20. The number of hydrogen-bond donors (Lipinski definition) is 2. The summed E-state index contributed by atoms with van der Waals surface area (Å²) in [4.78, 5) is 2.23. The third-order valence-corrected chi connectivity index (χ3v) is 3.21. The first-order valence-corrected chi connectivity index (χ1v) is 6.14. The number of halogens is 1. The zero-order valence-electron chi connectivity index (χ0n) is 10.2. The number of hydrogen-bond acceptors (Lipinski definition) is 3. The van der Waals surface area contributed by atoms with Crippen molar-refractivity contribution in [3.05, 3.63) is 29.1 Å². The Morgan fingerprint density at radius 1 is 1.35 bits per heavy atom. The van der Waals surface area contributed by atoms with Crippen LogP contribution < -0.4 is 5.32 Å². The van der Waals surface area contributed by atoms with Crippen LogP contribution in [0.4, 0.5) is 4.39 Å². The fraction of sp³-hybridized carbons (Fsp3) is 0.538. The largest absolute Gasteiger partial charge is 0.505 e. The molecule has 1 aliphatic heterocycles. The van der Waals surface area contributed by atoms with Crippen LogP contribution in [-0.4, -0.2) is 36.2 Å². The lowest BCUT2D eigenvalue weighted by Gasteiger charge is -2.27. The van der Waals surface area contributed by atoms with E-state index in [1.54, 1.807) is 0 Å². The van der Waals surface area contributed by atoms with Gasteiger partial charge in [-0.25, -0.2) is 4.39 Å². The molecule has 1 aromatic carbocycles. The Kier molecular flexibility index (Phi) is 3.97. The van der Waals surface area contributed by atoms with E-state index in [1.165, 1.54) is 6.07 Å². The third kappa shape index (κ3) is 2.96. The summed E-state index contributed by atoms with van der Waals surface area (Å²) in [7, 11) is 0. The maximum atomic E-state index is 13.5. The molecule has 0 bridgehead atoms. The lowest BCUT2D eigenvalue weighted by Crippen LogP contribution is -2.42. The minimum absolute atomic E-state index is 0.194. The van der Waals surface area contributed by atoms with Crippen molar-refractivity contribution in [3.8, 4) is 5.75 Å². The van der Waals surface area contributed by atoms with Crippen LogP contribution in [0.3, 0.4) is 0 Å². The van der Waals surface area contributed by atoms with E-state index < -0.39 is 5.82 Å². The molecule has 0 amide bonds. The first-order valence-electron chi connectivity index (χ1n) is 6.14. The summed E-state index contributed by atoms with van der Waals surface area (Å²) in [5.74, 6) is -0.699. The second-order valence-corrected chi connectivity index (χ2v) is 4.47. The van der Waals surface area contributed by atoms with Crippen molar-refractivity contribution < 1.29 is 9.50 Å². The van der Waals surface area contributed by atoms with E-state index in [9.17, 15) is 9.50 Å². The highest BCUT2D eigenvalue weighted by Crippen LogP contribution is 2.25. The van der Waals surface area contributed by atoms with E-state index in [2.05, 4.69) is 10.2 Å². The number of benzene rings is 1. The molecule has 2 N–H and O–H groups in total. The van der Waals surface area contributed by atoms with Crippen LogP contribution in [0.5, 0.6) is 5.75 Å². The fourth-order valence-corrected chi connectivity index (χ4v) is 2.15. The second-order valence-electron chi connectivity index (χ2n) is 4.47. The van der Waals surface area contributed by atoms with Crippen molar-refractivity contribution in [2.45, 2.75) is 19.9 Å². The summed E-state index contributed by atoms with van der Waals surface area (Å²) in [6.45, 7) is 6.40. The number of phenols is 1. The molecule has 1 aliphatic rings. The molecule has 1 saturated heterocycles. The van der Waals surface area contributed by atoms with Crippen molar-refractivity contribution in [1.29, 1.82) is 0 Å². The van der Waals surface area contributed by atoms with Crippen molar-refractivity contribution >= 4 is 0 Å². The molecule has 94 valence electrons. The highest BCUT2D eigenvalue weighted by molar-refractivity contribution is 5.37. The van der Waals surface area contributed by atoms with Gasteiger partial charge >= 0.3 is 0 Å². The highest BCUT2D eigenvalue weighted by atomic mass is 19.1. The Bertz CT molecular complexity index is 389. The highest BCUT2D eigenvalue weighted by Gasteiger charge is 2.15. The first kappa shape index (κ1) is 12.3. The Labute approximate surface area is 101 Å². The normalized spacial score (nSPS) is 17.3. The Hall–Kier alpha value is -1.13. The van der Waals surface area contributed by atoms with E-state index in [-0.39, 0.29) is 5.75 Å². The fourth-order valence-electron chi connectivity index (χ4n) is 2.15. The molecule has 1 heterocycles. The molecule has 0 radical (unpaired) electrons. The van der Waals surface area contributed by atoms with Crippen LogP contribution in [-0.2, 0) is 13.0 Å². The summed E-state index contributed by atoms with van der Waals surface area (Å²) in [5, 5.41) is 13.0. The van der Waals surface area contributed by atoms with E-state index in [1.807, 2.05) is 13.0 Å². The number of aryl methyl sites for hydroxylation is 1. The van der Waals surface area contributed by atoms with Gasteiger partial charge < -0.3 is 10.4 Å². The van der Waals surface area contributed by atoms with Crippen LogP contribution >= 0.6 is 0 Å². The van der Waals surface area contributed by atoms with Crippen molar-refractivity contribution in [1.82, 2.24) is 10.2 Å². The number of phenolic OH excluding ortho intramolecular Hbond substituents is 1. The van der Waals surface area contributed by atoms with Crippen LogP contribution in [0.2, 0.25) is 0 Å². The minimum Gasteiger partial charge on any atom is -0.505 e. The monoisotopic (exact) mass is 238 g/mol. The van der Waals surface area contributed by atoms with E-state index in [0.717, 1.165) is 38.2 Å². The summed E-state index contributed by atoms with van der Waals surface area (Å²) in [6.07, 6.45) is 0.783. The zero-order valence-corrected chi connectivity index (χ0v) is 10.2. The SMILES string of the molecule is CCc1cc(F)c(O)c(CN2CCNCC2)c1. The topological polar surface area (TPSA) is 35.5 Å². The van der Waals surface area contributed by atoms with E-state index in [4.69, 9.17) is 0 Å². The van der Waals surface area contributed by atoms with Crippen molar-refractivity contribution in [3.63, 3.8) is 0 Å². The quantitative estimate of drug-likeness (QED) is 0.837. The molecule has 0 aliphatic carbocycles. The molecule has 0 atom stereocenters. The molecule has 17 heavy (non-hydrogen) atoms. The van der Waals surface area contributed by atoms with Gasteiger partial charge in [-0.05, 0) is 18.1 Å². The molecule has 4 heteroatoms. The molecule has 2 rings (SSSR count). The predicted molar refractivity (Wildman–Crippen MR) is 65.6 cm³/mol. The predicted octanol–water partition coefficient (Wildman–Crippen LogP) is 1.50. The lowest BCUT2D eigenvalue weighted by atomic mass is 10.1. The molecular weight excluding hydrogens is 219 g/mol. The van der Waals surface area contributed by atoms with Crippen molar-refractivity contribution in [2.24, 2.45) is 0 Å². The van der Waals surface area contributed by atoms with Crippen LogP contribution in [0.25, 0.3) is 0 Å². The molecule has 0 spiro atoms. The van der Waals surface area contributed by atoms with Gasteiger partial charge in [0.1, 0.15) is 0 Å². The van der Waals surface area contributed by atoms with Gasteiger partial charge in [-0.2, -0.15) is 0 Å². The Balaban J connectivity index is 2.15. The van der Waals surface area contributed by atoms with Gasteiger partial charge in [0.15, 0.2) is 11.6 Å². The molecule has 1 aromatic rings. The van der Waals surface area contributed by atoms with Gasteiger partial charge in [-0.3, -0.25) is 4.90 Å². The van der Waals surface area contributed by atoms with Crippen LogP contribution in [0.1, 0.15) is 18.1 Å². The van der Waals surface area contributed by atoms with E-state index in [0.29, 0.717) is 12.1 Å². The Morgan fingerprint density at radius 2 is 2.06 bits per heavy atom. The third-order valence-electron chi connectivity index (χ3n) is 3.21. The molecular formula is C13H19FN2O. The van der Waals surface area contributed by atoms with Crippen molar-refractivity contribution in [2.75, 3.05) is 26.2 Å². The smallest absolute Gasteiger partial charge is 0.165 e. The molecule has 0 aromatic heterocycles. The van der Waals surface area contributed by atoms with E-state index >= 15 is 0 Å². The summed E-state index contributed by atoms with van der Waals surface area (Å²) in [5.41, 5.74) is 1.63. The number of rotatable bonds is 3. The summed E-state index contributed by atoms with van der Waals surface area (Å²) in [6, 6.07) is 3.32. The Morgan fingerprint density at radius 3 is 2.71 bits per heavy atom. The molecule has 0 saturated carbocycles. The maximum Gasteiger partial charge on any atom is 0.165 e.